The summed E-state index contributed by atoms with van der Waals surface area (Å²) in [7, 11) is 0. The average molecular weight is 351 g/mol. The van der Waals surface area contributed by atoms with Crippen LogP contribution in [0.4, 0.5) is 0 Å². The molecule has 1 N–H and O–H groups in total. The van der Waals surface area contributed by atoms with Crippen LogP contribution >= 0.6 is 38.5 Å². The standard InChI is InChI=1S/C8H4BrIN2O/c9-5-1-4(10)2-6-8(5)7(3-13)12-11-6/h1-3H,(H,11,12). The number of nitrogens with zero attached hydrogens (tertiary/aromatic N) is 1. The lowest BCUT2D eigenvalue weighted by atomic mass is 10.2. The minimum Gasteiger partial charge on any atom is -0.296 e. The van der Waals surface area contributed by atoms with Crippen LogP contribution in [-0.4, -0.2) is 16.5 Å². The van der Waals surface area contributed by atoms with E-state index in [1.54, 1.807) is 0 Å². The molecule has 0 aliphatic rings. The van der Waals surface area contributed by atoms with E-state index in [1.807, 2.05) is 12.1 Å². The van der Waals surface area contributed by atoms with Gasteiger partial charge in [-0.05, 0) is 50.7 Å². The molecule has 3 nitrogen and oxygen atoms in total. The van der Waals surface area contributed by atoms with Crippen molar-refractivity contribution >= 4 is 55.7 Å². The molecule has 0 aliphatic carbocycles. The topological polar surface area (TPSA) is 45.8 Å². The second-order valence-electron chi connectivity index (χ2n) is 2.54. The highest BCUT2D eigenvalue weighted by Gasteiger charge is 2.08. The summed E-state index contributed by atoms with van der Waals surface area (Å²) in [6.07, 6.45) is 0.771. The van der Waals surface area contributed by atoms with Crippen molar-refractivity contribution in [3.05, 3.63) is 25.9 Å². The molecule has 5 heteroatoms. The van der Waals surface area contributed by atoms with Crippen LogP contribution in [0.3, 0.4) is 0 Å². The van der Waals surface area contributed by atoms with E-state index in [0.717, 1.165) is 25.2 Å². The van der Waals surface area contributed by atoms with E-state index in [1.165, 1.54) is 0 Å². The molecule has 0 saturated heterocycles. The zero-order chi connectivity index (χ0) is 9.42. The molecule has 1 aromatic heterocycles. The summed E-state index contributed by atoms with van der Waals surface area (Å²) in [4.78, 5) is 10.6. The number of carbonyl (C=O) groups excluding carboxylic acids is 1. The number of aromatic nitrogens is 2. The predicted molar refractivity (Wildman–Crippen MR) is 61.9 cm³/mol. The minimum atomic E-state index is 0.512. The molecular formula is C8H4BrIN2O. The van der Waals surface area contributed by atoms with Gasteiger partial charge >= 0.3 is 0 Å². The van der Waals surface area contributed by atoms with Gasteiger partial charge in [0.15, 0.2) is 6.29 Å². The van der Waals surface area contributed by atoms with Gasteiger partial charge in [0.2, 0.25) is 0 Å². The van der Waals surface area contributed by atoms with Gasteiger partial charge < -0.3 is 0 Å². The Balaban J connectivity index is 2.89. The Kier molecular flexibility index (Phi) is 2.37. The monoisotopic (exact) mass is 350 g/mol. The summed E-state index contributed by atoms with van der Waals surface area (Å²) < 4.78 is 1.98. The molecule has 0 bridgehead atoms. The molecule has 1 aromatic carbocycles. The number of nitrogens with one attached hydrogen (secondary N) is 1. The predicted octanol–water partition coefficient (Wildman–Crippen LogP) is 2.74. The van der Waals surface area contributed by atoms with Crippen LogP contribution in [0.25, 0.3) is 10.9 Å². The van der Waals surface area contributed by atoms with Gasteiger partial charge in [-0.25, -0.2) is 0 Å². The summed E-state index contributed by atoms with van der Waals surface area (Å²) in [6, 6.07) is 3.87. The third kappa shape index (κ3) is 1.50. The Labute approximate surface area is 96.2 Å². The van der Waals surface area contributed by atoms with Crippen LogP contribution in [0.2, 0.25) is 0 Å². The molecular weight excluding hydrogens is 347 g/mol. The second-order valence-corrected chi connectivity index (χ2v) is 4.64. The number of halogens is 2. The Morgan fingerprint density at radius 2 is 2.31 bits per heavy atom. The molecule has 0 fully saturated rings. The van der Waals surface area contributed by atoms with E-state index in [0.29, 0.717) is 5.69 Å². The van der Waals surface area contributed by atoms with Crippen molar-refractivity contribution in [2.45, 2.75) is 0 Å². The van der Waals surface area contributed by atoms with Crippen molar-refractivity contribution in [3.63, 3.8) is 0 Å². The highest BCUT2D eigenvalue weighted by Crippen LogP contribution is 2.27. The summed E-state index contributed by atoms with van der Waals surface area (Å²) in [5.74, 6) is 0. The summed E-state index contributed by atoms with van der Waals surface area (Å²) in [5.41, 5.74) is 1.32. The smallest absolute Gasteiger partial charge is 0.168 e. The van der Waals surface area contributed by atoms with E-state index in [2.05, 4.69) is 48.7 Å². The number of aromatic amines is 1. The first-order chi connectivity index (χ1) is 6.22. The fraction of sp³-hybridized carbons (Fsp3) is 0. The Bertz CT molecular complexity index is 480. The molecule has 66 valence electrons. The minimum absolute atomic E-state index is 0.512. The Hall–Kier alpha value is -0.430. The molecule has 13 heavy (non-hydrogen) atoms. The van der Waals surface area contributed by atoms with E-state index < -0.39 is 0 Å². The van der Waals surface area contributed by atoms with Crippen molar-refractivity contribution in [2.24, 2.45) is 0 Å². The van der Waals surface area contributed by atoms with Gasteiger partial charge in [-0.15, -0.1) is 0 Å². The maximum Gasteiger partial charge on any atom is 0.168 e. The van der Waals surface area contributed by atoms with E-state index in [4.69, 9.17) is 0 Å². The van der Waals surface area contributed by atoms with Gasteiger partial charge in [0.05, 0.1) is 5.52 Å². The molecule has 0 radical (unpaired) electrons. The number of hydrogen-bond donors (Lipinski definition) is 1. The maximum atomic E-state index is 10.6. The molecule has 2 rings (SSSR count). The number of H-pyrrole nitrogens is 1. The van der Waals surface area contributed by atoms with E-state index in [-0.39, 0.29) is 0 Å². The highest BCUT2D eigenvalue weighted by atomic mass is 127. The van der Waals surface area contributed by atoms with Crippen LogP contribution in [0.5, 0.6) is 0 Å². The molecule has 0 atom stereocenters. The van der Waals surface area contributed by atoms with E-state index >= 15 is 0 Å². The molecule has 2 aromatic rings. The highest BCUT2D eigenvalue weighted by molar-refractivity contribution is 14.1. The molecule has 0 amide bonds. The number of fused-ring (bicyclic) bond motifs is 1. The van der Waals surface area contributed by atoms with Crippen LogP contribution in [-0.2, 0) is 0 Å². The van der Waals surface area contributed by atoms with Gasteiger partial charge in [0, 0.05) is 13.4 Å². The van der Waals surface area contributed by atoms with Crippen molar-refractivity contribution in [1.82, 2.24) is 10.2 Å². The van der Waals surface area contributed by atoms with Crippen molar-refractivity contribution in [3.8, 4) is 0 Å². The quantitative estimate of drug-likeness (QED) is 0.635. The Morgan fingerprint density at radius 1 is 1.54 bits per heavy atom. The number of hydrogen-bond acceptors (Lipinski definition) is 2. The van der Waals surface area contributed by atoms with E-state index in [9.17, 15) is 4.79 Å². The summed E-state index contributed by atoms with van der Waals surface area (Å²) >= 11 is 5.60. The third-order valence-electron chi connectivity index (χ3n) is 1.72. The van der Waals surface area contributed by atoms with Gasteiger partial charge in [0.1, 0.15) is 5.69 Å². The molecule has 0 unspecified atom stereocenters. The first kappa shape index (κ1) is 9.14. The number of carbonyl (C=O) groups is 1. The first-order valence-corrected chi connectivity index (χ1v) is 5.38. The third-order valence-corrected chi connectivity index (χ3v) is 2.97. The van der Waals surface area contributed by atoms with Crippen LogP contribution in [0.1, 0.15) is 10.5 Å². The average Bonchev–Trinajstić information content (AvgIpc) is 2.47. The van der Waals surface area contributed by atoms with Gasteiger partial charge in [0.25, 0.3) is 0 Å². The molecule has 0 spiro atoms. The maximum absolute atomic E-state index is 10.6. The Morgan fingerprint density at radius 3 is 3.00 bits per heavy atom. The number of benzene rings is 1. The van der Waals surface area contributed by atoms with Crippen molar-refractivity contribution in [1.29, 1.82) is 0 Å². The fourth-order valence-electron chi connectivity index (χ4n) is 1.18. The lowest BCUT2D eigenvalue weighted by Gasteiger charge is -1.94. The van der Waals surface area contributed by atoms with Gasteiger partial charge in [-0.1, -0.05) is 0 Å². The first-order valence-electron chi connectivity index (χ1n) is 3.50. The summed E-state index contributed by atoms with van der Waals surface area (Å²) in [6.45, 7) is 0. The second kappa shape index (κ2) is 3.38. The normalized spacial score (nSPS) is 10.6. The van der Waals surface area contributed by atoms with Crippen LogP contribution < -0.4 is 0 Å². The largest absolute Gasteiger partial charge is 0.296 e. The number of rotatable bonds is 1. The van der Waals surface area contributed by atoms with Crippen molar-refractivity contribution in [2.75, 3.05) is 0 Å². The lowest BCUT2D eigenvalue weighted by molar-refractivity contribution is 0.112. The van der Waals surface area contributed by atoms with Crippen LogP contribution in [0.15, 0.2) is 16.6 Å². The molecule has 1 heterocycles. The fourth-order valence-corrected chi connectivity index (χ4v) is 2.87. The lowest BCUT2D eigenvalue weighted by Crippen LogP contribution is -1.80. The SMILES string of the molecule is O=Cc1[nH]nc2cc(I)cc(Br)c12. The van der Waals surface area contributed by atoms with Gasteiger partial charge in [-0.2, -0.15) is 5.10 Å². The zero-order valence-corrected chi connectivity index (χ0v) is 10.1. The zero-order valence-electron chi connectivity index (χ0n) is 6.34. The molecule has 0 saturated carbocycles. The van der Waals surface area contributed by atoms with Crippen molar-refractivity contribution < 1.29 is 4.79 Å². The van der Waals surface area contributed by atoms with Crippen LogP contribution in [0, 0.1) is 3.57 Å². The number of aldehydes is 1. The molecule has 0 aliphatic heterocycles. The summed E-state index contributed by atoms with van der Waals surface area (Å²) in [5, 5.41) is 7.54. The van der Waals surface area contributed by atoms with Gasteiger partial charge in [-0.3, -0.25) is 9.89 Å².